The Morgan fingerprint density at radius 3 is 2.57 bits per heavy atom. The largest absolute Gasteiger partial charge is 0.452 e. The van der Waals surface area contributed by atoms with E-state index in [4.69, 9.17) is 21.1 Å². The summed E-state index contributed by atoms with van der Waals surface area (Å²) in [6, 6.07) is 13.5. The smallest absolute Gasteiger partial charge is 0.338 e. The Morgan fingerprint density at radius 1 is 1.13 bits per heavy atom. The molecule has 0 aliphatic rings. The molecular weight excluding hydrogens is 318 g/mol. The fourth-order valence-corrected chi connectivity index (χ4v) is 2.03. The maximum absolute atomic E-state index is 11.9. The Balaban J connectivity index is 1.87. The van der Waals surface area contributed by atoms with Crippen LogP contribution in [0.5, 0.6) is 0 Å². The average Bonchev–Trinajstić information content (AvgIpc) is 2.55. The second-order valence-corrected chi connectivity index (χ2v) is 5.20. The zero-order valence-electron chi connectivity index (χ0n) is 12.5. The van der Waals surface area contributed by atoms with Crippen molar-refractivity contribution in [1.29, 1.82) is 0 Å². The molecule has 0 saturated carbocycles. The molecule has 0 fully saturated rings. The molecule has 6 heteroatoms. The van der Waals surface area contributed by atoms with Crippen LogP contribution >= 0.6 is 11.6 Å². The molecule has 0 spiro atoms. The monoisotopic (exact) mass is 333 g/mol. The van der Waals surface area contributed by atoms with Gasteiger partial charge in [0, 0.05) is 17.8 Å². The lowest BCUT2D eigenvalue weighted by Crippen LogP contribution is -2.20. The molecule has 0 atom stereocenters. The van der Waals surface area contributed by atoms with Gasteiger partial charge in [0.2, 0.25) is 0 Å². The first kappa shape index (κ1) is 17.0. The number of halogens is 1. The minimum atomic E-state index is -0.561. The van der Waals surface area contributed by atoms with Crippen LogP contribution < -0.4 is 5.32 Å². The number of nitrogens with one attached hydrogen (secondary N) is 1. The van der Waals surface area contributed by atoms with E-state index in [0.29, 0.717) is 22.9 Å². The number of carbonyl (C=O) groups excluding carboxylic acids is 2. The van der Waals surface area contributed by atoms with Crippen molar-refractivity contribution in [3.8, 4) is 0 Å². The van der Waals surface area contributed by atoms with Crippen LogP contribution in [0.1, 0.15) is 15.9 Å². The van der Waals surface area contributed by atoms with Gasteiger partial charge in [-0.05, 0) is 42.0 Å². The van der Waals surface area contributed by atoms with Crippen molar-refractivity contribution < 1.29 is 19.1 Å². The van der Waals surface area contributed by atoms with Gasteiger partial charge in [-0.25, -0.2) is 4.79 Å². The molecule has 0 heterocycles. The van der Waals surface area contributed by atoms with Crippen LogP contribution in [0.15, 0.2) is 48.5 Å². The summed E-state index contributed by atoms with van der Waals surface area (Å²) in [6.07, 6.45) is 0. The van der Waals surface area contributed by atoms with Gasteiger partial charge in [-0.1, -0.05) is 23.7 Å². The molecule has 0 aromatic heterocycles. The van der Waals surface area contributed by atoms with Crippen LogP contribution in [-0.2, 0) is 20.9 Å². The van der Waals surface area contributed by atoms with Crippen molar-refractivity contribution in [3.63, 3.8) is 0 Å². The predicted octanol–water partition coefficient (Wildman–Crippen LogP) is 3.28. The van der Waals surface area contributed by atoms with Gasteiger partial charge < -0.3 is 14.8 Å². The highest BCUT2D eigenvalue weighted by Gasteiger charge is 2.11. The molecule has 2 aromatic rings. The van der Waals surface area contributed by atoms with Crippen molar-refractivity contribution in [2.24, 2.45) is 0 Å². The Kier molecular flexibility index (Phi) is 6.14. The summed E-state index contributed by atoms with van der Waals surface area (Å²) in [6.45, 7) is 0.0359. The highest BCUT2D eigenvalue weighted by atomic mass is 35.5. The molecule has 120 valence electrons. The van der Waals surface area contributed by atoms with Crippen molar-refractivity contribution in [1.82, 2.24) is 0 Å². The van der Waals surface area contributed by atoms with Gasteiger partial charge in [-0.15, -0.1) is 0 Å². The number of benzene rings is 2. The van der Waals surface area contributed by atoms with E-state index in [2.05, 4.69) is 5.32 Å². The summed E-state index contributed by atoms with van der Waals surface area (Å²) in [7, 11) is 1.58. The molecule has 23 heavy (non-hydrogen) atoms. The first-order valence-corrected chi connectivity index (χ1v) is 7.26. The molecule has 0 saturated heterocycles. The predicted molar refractivity (Wildman–Crippen MR) is 87.5 cm³/mol. The molecule has 1 N–H and O–H groups in total. The fourth-order valence-electron chi connectivity index (χ4n) is 1.90. The number of hydrogen-bond donors (Lipinski definition) is 1. The van der Waals surface area contributed by atoms with E-state index in [1.807, 2.05) is 6.07 Å². The zero-order chi connectivity index (χ0) is 16.7. The topological polar surface area (TPSA) is 64.6 Å². The number of carbonyl (C=O) groups is 2. The van der Waals surface area contributed by atoms with Gasteiger partial charge in [0.25, 0.3) is 5.91 Å². The lowest BCUT2D eigenvalue weighted by Gasteiger charge is -2.07. The van der Waals surface area contributed by atoms with E-state index in [0.717, 1.165) is 5.56 Å². The third kappa shape index (κ3) is 5.39. The SMILES string of the molecule is COCc1cccc(C(=O)OCC(=O)Nc2ccc(Cl)cc2)c1. The van der Waals surface area contributed by atoms with E-state index in [1.54, 1.807) is 49.6 Å². The maximum atomic E-state index is 11.9. The fraction of sp³-hybridized carbons (Fsp3) is 0.176. The van der Waals surface area contributed by atoms with E-state index in [-0.39, 0.29) is 6.61 Å². The molecule has 0 bridgehead atoms. The number of amides is 1. The molecule has 5 nitrogen and oxygen atoms in total. The first-order valence-electron chi connectivity index (χ1n) is 6.89. The number of anilines is 1. The third-order valence-electron chi connectivity index (χ3n) is 2.94. The molecule has 2 aromatic carbocycles. The van der Waals surface area contributed by atoms with Crippen molar-refractivity contribution >= 4 is 29.2 Å². The van der Waals surface area contributed by atoms with Crippen molar-refractivity contribution in [2.75, 3.05) is 19.0 Å². The highest BCUT2D eigenvalue weighted by Crippen LogP contribution is 2.13. The van der Waals surface area contributed by atoms with E-state index in [1.165, 1.54) is 0 Å². The summed E-state index contributed by atoms with van der Waals surface area (Å²) in [5.41, 5.74) is 1.81. The van der Waals surface area contributed by atoms with Gasteiger partial charge in [0.1, 0.15) is 0 Å². The molecule has 0 aliphatic carbocycles. The van der Waals surface area contributed by atoms with Gasteiger partial charge >= 0.3 is 5.97 Å². The number of esters is 1. The minimum Gasteiger partial charge on any atom is -0.452 e. The van der Waals surface area contributed by atoms with Crippen molar-refractivity contribution in [2.45, 2.75) is 6.61 Å². The molecular formula is C17H16ClNO4. The van der Waals surface area contributed by atoms with Crippen LogP contribution in [0.3, 0.4) is 0 Å². The van der Waals surface area contributed by atoms with Gasteiger partial charge in [-0.3, -0.25) is 4.79 Å². The summed E-state index contributed by atoms with van der Waals surface area (Å²) in [5, 5.41) is 3.19. The van der Waals surface area contributed by atoms with Crippen LogP contribution in [0.2, 0.25) is 5.02 Å². The molecule has 1 amide bonds. The average molecular weight is 334 g/mol. The number of ether oxygens (including phenoxy) is 2. The van der Waals surface area contributed by atoms with Gasteiger partial charge in [0.15, 0.2) is 6.61 Å². The van der Waals surface area contributed by atoms with E-state index < -0.39 is 11.9 Å². The normalized spacial score (nSPS) is 10.2. The molecule has 0 unspecified atom stereocenters. The Bertz CT molecular complexity index is 685. The molecule has 0 aliphatic heterocycles. The van der Waals surface area contributed by atoms with Crippen LogP contribution in [0.4, 0.5) is 5.69 Å². The second kappa shape index (κ2) is 8.31. The first-order chi connectivity index (χ1) is 11.1. The zero-order valence-corrected chi connectivity index (χ0v) is 13.3. The Labute approximate surface area is 139 Å². The second-order valence-electron chi connectivity index (χ2n) is 4.76. The summed E-state index contributed by atoms with van der Waals surface area (Å²) in [4.78, 5) is 23.7. The highest BCUT2D eigenvalue weighted by molar-refractivity contribution is 6.30. The third-order valence-corrected chi connectivity index (χ3v) is 3.19. The maximum Gasteiger partial charge on any atom is 0.338 e. The summed E-state index contributed by atoms with van der Waals surface area (Å²) >= 11 is 5.76. The summed E-state index contributed by atoms with van der Waals surface area (Å²) in [5.74, 6) is -0.983. The Hall–Kier alpha value is -2.37. The number of hydrogen-bond acceptors (Lipinski definition) is 4. The lowest BCUT2D eigenvalue weighted by molar-refractivity contribution is -0.119. The van der Waals surface area contributed by atoms with E-state index in [9.17, 15) is 9.59 Å². The van der Waals surface area contributed by atoms with Gasteiger partial charge in [0.05, 0.1) is 12.2 Å². The van der Waals surface area contributed by atoms with E-state index >= 15 is 0 Å². The number of rotatable bonds is 6. The molecule has 2 rings (SSSR count). The minimum absolute atomic E-state index is 0.365. The standard InChI is InChI=1S/C17H16ClNO4/c1-22-10-12-3-2-4-13(9-12)17(21)23-11-16(20)19-15-7-5-14(18)6-8-15/h2-9H,10-11H2,1H3,(H,19,20). The van der Waals surface area contributed by atoms with Crippen LogP contribution in [0, 0.1) is 0 Å². The van der Waals surface area contributed by atoms with Gasteiger partial charge in [-0.2, -0.15) is 0 Å². The number of methoxy groups -OCH3 is 1. The molecule has 0 radical (unpaired) electrons. The van der Waals surface area contributed by atoms with Crippen LogP contribution in [0.25, 0.3) is 0 Å². The Morgan fingerprint density at radius 2 is 1.87 bits per heavy atom. The lowest BCUT2D eigenvalue weighted by atomic mass is 10.1. The quantitative estimate of drug-likeness (QED) is 0.824. The summed E-state index contributed by atoms with van der Waals surface area (Å²) < 4.78 is 10.0. The van der Waals surface area contributed by atoms with Crippen molar-refractivity contribution in [3.05, 3.63) is 64.7 Å². The van der Waals surface area contributed by atoms with Crippen LogP contribution in [-0.4, -0.2) is 25.6 Å².